The summed E-state index contributed by atoms with van der Waals surface area (Å²) in [4.78, 5) is 9.79. The Morgan fingerprint density at radius 1 is 1.29 bits per heavy atom. The lowest BCUT2D eigenvalue weighted by molar-refractivity contribution is 0.411. The lowest BCUT2D eigenvalue weighted by atomic mass is 10.1. The number of halogens is 1. The summed E-state index contributed by atoms with van der Waals surface area (Å²) in [7, 11) is 3.48. The highest BCUT2D eigenvalue weighted by atomic mass is 127. The minimum Gasteiger partial charge on any atom is -0.496 e. The first kappa shape index (κ1) is 20.7. The number of guanidine groups is 1. The maximum Gasteiger partial charge on any atom is 0.191 e. The molecule has 132 valence electrons. The van der Waals surface area contributed by atoms with Crippen LogP contribution < -0.4 is 15.4 Å². The van der Waals surface area contributed by atoms with Gasteiger partial charge in [0.2, 0.25) is 0 Å². The minimum atomic E-state index is 0. The maximum absolute atomic E-state index is 5.36. The van der Waals surface area contributed by atoms with Gasteiger partial charge in [0.25, 0.3) is 0 Å². The number of aryl methyl sites for hydroxylation is 2. The largest absolute Gasteiger partial charge is 0.496 e. The molecule has 24 heavy (non-hydrogen) atoms. The van der Waals surface area contributed by atoms with Crippen molar-refractivity contribution in [3.8, 4) is 5.75 Å². The Bertz CT molecular complexity index is 672. The third-order valence-electron chi connectivity index (χ3n) is 3.48. The molecule has 0 saturated heterocycles. The highest BCUT2D eigenvalue weighted by Crippen LogP contribution is 2.19. The fourth-order valence-electron chi connectivity index (χ4n) is 2.21. The summed E-state index contributed by atoms with van der Waals surface area (Å²) < 4.78 is 5.36. The molecule has 2 rings (SSSR count). The van der Waals surface area contributed by atoms with Crippen LogP contribution in [0.15, 0.2) is 29.4 Å². The fraction of sp³-hybridized carbons (Fsp3) is 0.412. The van der Waals surface area contributed by atoms with Gasteiger partial charge in [-0.15, -0.1) is 35.3 Å². The Balaban J connectivity index is 0.00000288. The molecule has 7 heteroatoms. The molecule has 0 amide bonds. The van der Waals surface area contributed by atoms with Gasteiger partial charge in [-0.3, -0.25) is 4.99 Å². The molecule has 0 saturated carbocycles. The van der Waals surface area contributed by atoms with Crippen LogP contribution in [-0.4, -0.2) is 31.6 Å². The second-order valence-electron chi connectivity index (χ2n) is 5.27. The van der Waals surface area contributed by atoms with Crippen LogP contribution in [0.5, 0.6) is 5.75 Å². The number of ether oxygens (including phenoxy) is 1. The van der Waals surface area contributed by atoms with E-state index in [1.54, 1.807) is 25.5 Å². The summed E-state index contributed by atoms with van der Waals surface area (Å²) >= 11 is 1.70. The van der Waals surface area contributed by atoms with Gasteiger partial charge in [0.05, 0.1) is 13.7 Å². The third-order valence-corrected chi connectivity index (χ3v) is 4.39. The number of hydrogen-bond donors (Lipinski definition) is 2. The van der Waals surface area contributed by atoms with Crippen molar-refractivity contribution in [3.05, 3.63) is 45.4 Å². The third kappa shape index (κ3) is 6.27. The van der Waals surface area contributed by atoms with Gasteiger partial charge in [-0.1, -0.05) is 12.1 Å². The van der Waals surface area contributed by atoms with Crippen molar-refractivity contribution in [1.82, 2.24) is 15.6 Å². The molecule has 0 fully saturated rings. The molecular weight excluding hydrogens is 435 g/mol. The number of aromatic nitrogens is 1. The van der Waals surface area contributed by atoms with Crippen molar-refractivity contribution in [2.24, 2.45) is 4.99 Å². The molecule has 0 spiro atoms. The van der Waals surface area contributed by atoms with E-state index in [4.69, 9.17) is 4.74 Å². The van der Waals surface area contributed by atoms with Gasteiger partial charge in [0.1, 0.15) is 10.8 Å². The van der Waals surface area contributed by atoms with Gasteiger partial charge in [0, 0.05) is 24.7 Å². The van der Waals surface area contributed by atoms with Crippen molar-refractivity contribution in [3.63, 3.8) is 0 Å². The highest BCUT2D eigenvalue weighted by Gasteiger charge is 2.03. The van der Waals surface area contributed by atoms with Crippen molar-refractivity contribution in [2.45, 2.75) is 26.8 Å². The molecule has 0 radical (unpaired) electrons. The number of nitrogens with one attached hydrogen (secondary N) is 2. The molecule has 5 nitrogen and oxygen atoms in total. The van der Waals surface area contributed by atoms with E-state index in [1.807, 2.05) is 13.1 Å². The Morgan fingerprint density at radius 2 is 2.08 bits per heavy atom. The first-order valence-corrected chi connectivity index (χ1v) is 8.43. The van der Waals surface area contributed by atoms with Gasteiger partial charge in [0.15, 0.2) is 5.96 Å². The molecule has 2 aromatic rings. The van der Waals surface area contributed by atoms with Crippen LogP contribution in [0.3, 0.4) is 0 Å². The van der Waals surface area contributed by atoms with E-state index in [0.717, 1.165) is 35.2 Å². The predicted octanol–water partition coefficient (Wildman–Crippen LogP) is 3.29. The Labute approximate surface area is 165 Å². The average Bonchev–Trinajstić information content (AvgIpc) is 2.97. The average molecular weight is 460 g/mol. The van der Waals surface area contributed by atoms with Crippen LogP contribution in [-0.2, 0) is 13.0 Å². The normalized spacial score (nSPS) is 10.9. The van der Waals surface area contributed by atoms with Crippen LogP contribution in [0, 0.1) is 13.8 Å². The van der Waals surface area contributed by atoms with E-state index < -0.39 is 0 Å². The Morgan fingerprint density at radius 3 is 2.71 bits per heavy atom. The first-order valence-electron chi connectivity index (χ1n) is 7.61. The molecule has 1 heterocycles. The van der Waals surface area contributed by atoms with Crippen LogP contribution in [0.4, 0.5) is 0 Å². The van der Waals surface area contributed by atoms with Gasteiger partial charge in [-0.2, -0.15) is 0 Å². The number of aliphatic imine (C=N–C) groups is 1. The first-order chi connectivity index (χ1) is 11.1. The zero-order valence-corrected chi connectivity index (χ0v) is 17.7. The zero-order valence-electron chi connectivity index (χ0n) is 14.5. The number of benzene rings is 1. The van der Waals surface area contributed by atoms with Gasteiger partial charge >= 0.3 is 0 Å². The van der Waals surface area contributed by atoms with Crippen LogP contribution in [0.2, 0.25) is 0 Å². The number of thiazole rings is 1. The van der Waals surface area contributed by atoms with E-state index in [2.05, 4.69) is 45.7 Å². The van der Waals surface area contributed by atoms with Crippen molar-refractivity contribution in [1.29, 1.82) is 0 Å². The Hall–Kier alpha value is -1.35. The molecule has 0 atom stereocenters. The highest BCUT2D eigenvalue weighted by molar-refractivity contribution is 14.0. The molecule has 1 aromatic carbocycles. The Kier molecular flexibility index (Phi) is 9.05. The van der Waals surface area contributed by atoms with Crippen LogP contribution >= 0.6 is 35.3 Å². The van der Waals surface area contributed by atoms with E-state index in [9.17, 15) is 0 Å². The number of rotatable bonds is 6. The van der Waals surface area contributed by atoms with Gasteiger partial charge in [-0.05, 0) is 37.5 Å². The second kappa shape index (κ2) is 10.5. The molecule has 0 aliphatic heterocycles. The molecule has 0 aliphatic rings. The van der Waals surface area contributed by atoms with E-state index in [-0.39, 0.29) is 24.0 Å². The van der Waals surface area contributed by atoms with Crippen LogP contribution in [0.25, 0.3) is 0 Å². The SMILES string of the molecule is CN=C(NCCc1ccc(C)c(OC)c1)NCc1ncc(C)s1.I. The van der Waals surface area contributed by atoms with Crippen molar-refractivity contribution in [2.75, 3.05) is 20.7 Å². The molecule has 1 aromatic heterocycles. The quantitative estimate of drug-likeness (QED) is 0.395. The summed E-state index contributed by atoms with van der Waals surface area (Å²) in [5.41, 5.74) is 2.39. The number of methoxy groups -OCH3 is 1. The minimum absolute atomic E-state index is 0. The fourth-order valence-corrected chi connectivity index (χ4v) is 2.94. The zero-order chi connectivity index (χ0) is 16.7. The molecule has 0 aliphatic carbocycles. The lowest BCUT2D eigenvalue weighted by Gasteiger charge is -2.12. The van der Waals surface area contributed by atoms with Gasteiger partial charge < -0.3 is 15.4 Å². The second-order valence-corrected chi connectivity index (χ2v) is 6.59. The number of hydrogen-bond acceptors (Lipinski definition) is 4. The van der Waals surface area contributed by atoms with E-state index >= 15 is 0 Å². The van der Waals surface area contributed by atoms with Gasteiger partial charge in [-0.25, -0.2) is 4.98 Å². The summed E-state index contributed by atoms with van der Waals surface area (Å²) in [6.07, 6.45) is 2.80. The summed E-state index contributed by atoms with van der Waals surface area (Å²) in [6.45, 7) is 5.61. The number of nitrogens with zero attached hydrogens (tertiary/aromatic N) is 2. The molecule has 0 bridgehead atoms. The summed E-state index contributed by atoms with van der Waals surface area (Å²) in [5.74, 6) is 1.72. The summed E-state index contributed by atoms with van der Waals surface area (Å²) in [5, 5.41) is 7.66. The monoisotopic (exact) mass is 460 g/mol. The molecular formula is C17H25IN4OS. The van der Waals surface area contributed by atoms with E-state index in [0.29, 0.717) is 6.54 Å². The maximum atomic E-state index is 5.36. The lowest BCUT2D eigenvalue weighted by Crippen LogP contribution is -2.37. The molecule has 2 N–H and O–H groups in total. The smallest absolute Gasteiger partial charge is 0.191 e. The van der Waals surface area contributed by atoms with Crippen molar-refractivity contribution >= 4 is 41.3 Å². The standard InChI is InChI=1S/C17H24N4OS.HI/c1-12-5-6-14(9-15(12)22-4)7-8-19-17(18-3)21-11-16-20-10-13(2)23-16;/h5-6,9-10H,7-8,11H2,1-4H3,(H2,18,19,21);1H. The summed E-state index contributed by atoms with van der Waals surface area (Å²) in [6, 6.07) is 6.31. The van der Waals surface area contributed by atoms with Crippen molar-refractivity contribution < 1.29 is 4.74 Å². The van der Waals surface area contributed by atoms with E-state index in [1.165, 1.54) is 10.4 Å². The molecule has 0 unspecified atom stereocenters. The topological polar surface area (TPSA) is 58.5 Å². The van der Waals surface area contributed by atoms with Crippen LogP contribution in [0.1, 0.15) is 21.0 Å². The predicted molar refractivity (Wildman–Crippen MR) is 112 cm³/mol.